The predicted molar refractivity (Wildman–Crippen MR) is 62.1 cm³/mol. The van der Waals surface area contributed by atoms with E-state index in [1.807, 2.05) is 13.8 Å². The molecule has 16 heavy (non-hydrogen) atoms. The zero-order valence-electron chi connectivity index (χ0n) is 10.6. The van der Waals surface area contributed by atoms with Crippen LogP contribution in [0.2, 0.25) is 0 Å². The third-order valence-corrected chi connectivity index (χ3v) is 2.48. The molecule has 3 unspecified atom stereocenters. The molecule has 0 heterocycles. The lowest BCUT2D eigenvalue weighted by molar-refractivity contribution is -0.142. The number of rotatable bonds is 6. The van der Waals surface area contributed by atoms with Gasteiger partial charge in [-0.3, -0.25) is 9.59 Å². The number of carboxylic acid groups (broad SMARTS) is 1. The van der Waals surface area contributed by atoms with E-state index >= 15 is 0 Å². The van der Waals surface area contributed by atoms with E-state index in [2.05, 4.69) is 10.6 Å². The fourth-order valence-corrected chi connectivity index (χ4v) is 1.24. The summed E-state index contributed by atoms with van der Waals surface area (Å²) in [7, 11) is 0. The molecule has 0 aromatic rings. The van der Waals surface area contributed by atoms with E-state index in [1.165, 1.54) is 0 Å². The van der Waals surface area contributed by atoms with Crippen molar-refractivity contribution in [2.24, 2.45) is 5.92 Å². The summed E-state index contributed by atoms with van der Waals surface area (Å²) in [6.07, 6.45) is 0. The summed E-state index contributed by atoms with van der Waals surface area (Å²) in [5.41, 5.74) is 0. The third kappa shape index (κ3) is 5.11. The summed E-state index contributed by atoms with van der Waals surface area (Å²) in [5.74, 6) is -1.50. The zero-order valence-corrected chi connectivity index (χ0v) is 10.6. The highest BCUT2D eigenvalue weighted by molar-refractivity contribution is 5.81. The Labute approximate surface area is 96.6 Å². The normalized spacial score (nSPS) is 16.6. The van der Waals surface area contributed by atoms with Gasteiger partial charge >= 0.3 is 5.97 Å². The minimum Gasteiger partial charge on any atom is -0.481 e. The smallest absolute Gasteiger partial charge is 0.307 e. The monoisotopic (exact) mass is 230 g/mol. The van der Waals surface area contributed by atoms with Crippen molar-refractivity contribution in [2.75, 3.05) is 0 Å². The average molecular weight is 230 g/mol. The highest BCUT2D eigenvalue weighted by Gasteiger charge is 2.23. The standard InChI is InChI=1S/C11H22N2O3/c1-6(2)12-10(14)9(5)13-8(4)7(3)11(15)16/h6-9,13H,1-5H3,(H,12,14)(H,15,16). The first-order valence-corrected chi connectivity index (χ1v) is 5.55. The Morgan fingerprint density at radius 2 is 1.56 bits per heavy atom. The van der Waals surface area contributed by atoms with Crippen molar-refractivity contribution in [1.29, 1.82) is 0 Å². The summed E-state index contributed by atoms with van der Waals surface area (Å²) in [6, 6.07) is -0.548. The quantitative estimate of drug-likeness (QED) is 0.624. The lowest BCUT2D eigenvalue weighted by Crippen LogP contribution is -2.50. The molecule has 0 saturated carbocycles. The van der Waals surface area contributed by atoms with Gasteiger partial charge in [-0.25, -0.2) is 0 Å². The summed E-state index contributed by atoms with van der Waals surface area (Å²) in [5, 5.41) is 14.5. The second-order valence-corrected chi connectivity index (χ2v) is 4.47. The number of nitrogens with one attached hydrogen (secondary N) is 2. The maximum Gasteiger partial charge on any atom is 0.307 e. The first kappa shape index (κ1) is 14.9. The van der Waals surface area contributed by atoms with Gasteiger partial charge in [-0.05, 0) is 27.7 Å². The van der Waals surface area contributed by atoms with E-state index < -0.39 is 11.9 Å². The predicted octanol–water partition coefficient (Wildman–Crippen LogP) is 0.598. The molecule has 0 aliphatic rings. The van der Waals surface area contributed by atoms with E-state index in [1.54, 1.807) is 20.8 Å². The number of carbonyl (C=O) groups excluding carboxylic acids is 1. The molecular weight excluding hydrogens is 208 g/mol. The van der Waals surface area contributed by atoms with E-state index in [0.29, 0.717) is 0 Å². The van der Waals surface area contributed by atoms with Crippen molar-refractivity contribution in [2.45, 2.75) is 52.7 Å². The molecule has 5 nitrogen and oxygen atoms in total. The SMILES string of the molecule is CC(C)NC(=O)C(C)NC(C)C(C)C(=O)O. The Hall–Kier alpha value is -1.10. The number of amides is 1. The number of hydrogen-bond donors (Lipinski definition) is 3. The summed E-state index contributed by atoms with van der Waals surface area (Å²) in [6.45, 7) is 8.87. The molecule has 3 N–H and O–H groups in total. The molecule has 3 atom stereocenters. The number of hydrogen-bond acceptors (Lipinski definition) is 3. The maximum atomic E-state index is 11.6. The average Bonchev–Trinajstić information content (AvgIpc) is 2.14. The van der Waals surface area contributed by atoms with Gasteiger partial charge in [0.05, 0.1) is 12.0 Å². The number of carboxylic acids is 1. The summed E-state index contributed by atoms with van der Waals surface area (Å²) < 4.78 is 0. The van der Waals surface area contributed by atoms with Gasteiger partial charge in [-0.2, -0.15) is 0 Å². The van der Waals surface area contributed by atoms with Crippen molar-refractivity contribution in [3.8, 4) is 0 Å². The van der Waals surface area contributed by atoms with E-state index in [4.69, 9.17) is 5.11 Å². The molecule has 0 saturated heterocycles. The van der Waals surface area contributed by atoms with Crippen LogP contribution in [-0.4, -0.2) is 35.1 Å². The highest BCUT2D eigenvalue weighted by Crippen LogP contribution is 2.03. The molecular formula is C11H22N2O3. The Balaban J connectivity index is 4.18. The van der Waals surface area contributed by atoms with Gasteiger partial charge in [-0.1, -0.05) is 6.92 Å². The van der Waals surface area contributed by atoms with Crippen LogP contribution >= 0.6 is 0 Å². The first-order chi connectivity index (χ1) is 7.25. The molecule has 0 aliphatic carbocycles. The van der Waals surface area contributed by atoms with Crippen molar-refractivity contribution in [3.63, 3.8) is 0 Å². The van der Waals surface area contributed by atoms with E-state index in [9.17, 15) is 9.59 Å². The Kier molecular flexibility index (Phi) is 6.03. The minimum absolute atomic E-state index is 0.0870. The van der Waals surface area contributed by atoms with Crippen LogP contribution < -0.4 is 10.6 Å². The lowest BCUT2D eigenvalue weighted by atomic mass is 10.0. The van der Waals surface area contributed by atoms with Crippen molar-refractivity contribution >= 4 is 11.9 Å². The zero-order chi connectivity index (χ0) is 12.9. The molecule has 0 rings (SSSR count). The highest BCUT2D eigenvalue weighted by atomic mass is 16.4. The molecule has 0 spiro atoms. The molecule has 5 heteroatoms. The van der Waals surface area contributed by atoms with Gasteiger partial charge in [-0.15, -0.1) is 0 Å². The molecule has 0 aliphatic heterocycles. The summed E-state index contributed by atoms with van der Waals surface area (Å²) in [4.78, 5) is 22.3. The summed E-state index contributed by atoms with van der Waals surface area (Å²) >= 11 is 0. The second-order valence-electron chi connectivity index (χ2n) is 4.47. The van der Waals surface area contributed by atoms with Gasteiger partial charge in [0.2, 0.25) is 5.91 Å². The second kappa shape index (κ2) is 6.48. The van der Waals surface area contributed by atoms with Gasteiger partial charge in [0.15, 0.2) is 0 Å². The topological polar surface area (TPSA) is 78.4 Å². The molecule has 0 aromatic carbocycles. The minimum atomic E-state index is -0.864. The molecule has 0 aromatic heterocycles. The van der Waals surface area contributed by atoms with Crippen LogP contribution in [0.25, 0.3) is 0 Å². The van der Waals surface area contributed by atoms with E-state index in [0.717, 1.165) is 0 Å². The van der Waals surface area contributed by atoms with Gasteiger partial charge in [0, 0.05) is 12.1 Å². The van der Waals surface area contributed by atoms with E-state index in [-0.39, 0.29) is 24.0 Å². The number of carbonyl (C=O) groups is 2. The fraction of sp³-hybridized carbons (Fsp3) is 0.818. The van der Waals surface area contributed by atoms with Crippen LogP contribution in [0.4, 0.5) is 0 Å². The largest absolute Gasteiger partial charge is 0.481 e. The Morgan fingerprint density at radius 1 is 1.06 bits per heavy atom. The Bertz CT molecular complexity index is 254. The molecule has 94 valence electrons. The molecule has 1 amide bonds. The number of aliphatic carboxylic acids is 1. The fourth-order valence-electron chi connectivity index (χ4n) is 1.24. The van der Waals surface area contributed by atoms with Gasteiger partial charge < -0.3 is 15.7 Å². The molecule has 0 radical (unpaired) electrons. The van der Waals surface area contributed by atoms with Crippen LogP contribution in [0, 0.1) is 5.92 Å². The Morgan fingerprint density at radius 3 is 1.94 bits per heavy atom. The van der Waals surface area contributed by atoms with Crippen LogP contribution in [0.3, 0.4) is 0 Å². The van der Waals surface area contributed by atoms with Gasteiger partial charge in [0.1, 0.15) is 0 Å². The third-order valence-electron chi connectivity index (χ3n) is 2.48. The van der Waals surface area contributed by atoms with Crippen molar-refractivity contribution in [3.05, 3.63) is 0 Å². The maximum absolute atomic E-state index is 11.6. The van der Waals surface area contributed by atoms with Crippen LogP contribution in [-0.2, 0) is 9.59 Å². The lowest BCUT2D eigenvalue weighted by Gasteiger charge is -2.23. The van der Waals surface area contributed by atoms with Crippen LogP contribution in [0.1, 0.15) is 34.6 Å². The van der Waals surface area contributed by atoms with Crippen LogP contribution in [0.15, 0.2) is 0 Å². The van der Waals surface area contributed by atoms with Gasteiger partial charge in [0.25, 0.3) is 0 Å². The van der Waals surface area contributed by atoms with Crippen molar-refractivity contribution < 1.29 is 14.7 Å². The molecule has 0 fully saturated rings. The molecule has 0 bridgehead atoms. The first-order valence-electron chi connectivity index (χ1n) is 5.55. The van der Waals surface area contributed by atoms with Crippen LogP contribution in [0.5, 0.6) is 0 Å². The van der Waals surface area contributed by atoms with Crippen molar-refractivity contribution in [1.82, 2.24) is 10.6 Å².